The second kappa shape index (κ2) is 4.71. The minimum atomic E-state index is 0.433. The molecule has 0 spiro atoms. The molecule has 0 radical (unpaired) electrons. The quantitative estimate of drug-likeness (QED) is 0.785. The Labute approximate surface area is 92.8 Å². The van der Waals surface area contributed by atoms with E-state index in [9.17, 15) is 0 Å². The van der Waals surface area contributed by atoms with Gasteiger partial charge in [0.05, 0.1) is 6.54 Å². The summed E-state index contributed by atoms with van der Waals surface area (Å²) in [5.41, 5.74) is 1.08. The molecule has 0 fully saturated rings. The van der Waals surface area contributed by atoms with Gasteiger partial charge in [-0.2, -0.15) is 0 Å². The highest BCUT2D eigenvalue weighted by Gasteiger charge is 2.18. The van der Waals surface area contributed by atoms with Crippen molar-refractivity contribution < 1.29 is 0 Å². The second-order valence-electron chi connectivity index (χ2n) is 3.03. The molecule has 1 aromatic carbocycles. The maximum Gasteiger partial charge on any atom is 0.161 e. The highest BCUT2D eigenvalue weighted by atomic mass is 35.5. The number of thioether (sulfide) groups is 1. The van der Waals surface area contributed by atoms with Crippen molar-refractivity contribution in [1.82, 2.24) is 0 Å². The Hall–Kier alpha value is -0.670. The highest BCUT2D eigenvalue weighted by molar-refractivity contribution is 8.15. The smallest absolute Gasteiger partial charge is 0.161 e. The Morgan fingerprint density at radius 3 is 2.86 bits per heavy atom. The molecule has 1 atom stereocenters. The fourth-order valence-corrected chi connectivity index (χ4v) is 2.35. The van der Waals surface area contributed by atoms with Gasteiger partial charge in [0.15, 0.2) is 5.17 Å². The van der Waals surface area contributed by atoms with E-state index in [1.54, 1.807) is 11.8 Å². The summed E-state index contributed by atoms with van der Waals surface area (Å²) < 4.78 is 0. The van der Waals surface area contributed by atoms with Gasteiger partial charge in [0.1, 0.15) is 0 Å². The van der Waals surface area contributed by atoms with E-state index in [0.717, 1.165) is 17.4 Å². The third-order valence-corrected chi connectivity index (χ3v) is 3.57. The molecule has 14 heavy (non-hydrogen) atoms. The van der Waals surface area contributed by atoms with Crippen LogP contribution in [-0.4, -0.2) is 22.8 Å². The maximum absolute atomic E-state index is 5.75. The van der Waals surface area contributed by atoms with E-state index in [2.05, 4.69) is 10.3 Å². The summed E-state index contributed by atoms with van der Waals surface area (Å²) in [6.07, 6.45) is 0. The number of nitrogens with zero attached hydrogens (tertiary/aromatic N) is 1. The molecule has 2 rings (SSSR count). The largest absolute Gasteiger partial charge is 0.335 e. The molecule has 0 bridgehead atoms. The molecule has 1 heterocycles. The maximum atomic E-state index is 5.75. The Morgan fingerprint density at radius 2 is 2.21 bits per heavy atom. The van der Waals surface area contributed by atoms with Crippen LogP contribution in [0.25, 0.3) is 0 Å². The first-order valence-electron chi connectivity index (χ1n) is 4.47. The normalized spacial score (nSPS) is 20.6. The lowest BCUT2D eigenvalue weighted by Crippen LogP contribution is -2.08. The molecule has 1 N–H and O–H groups in total. The van der Waals surface area contributed by atoms with Crippen LogP contribution in [0.15, 0.2) is 35.3 Å². The van der Waals surface area contributed by atoms with Gasteiger partial charge in [-0.25, -0.2) is 0 Å². The van der Waals surface area contributed by atoms with Crippen LogP contribution >= 0.6 is 23.4 Å². The second-order valence-corrected chi connectivity index (χ2v) is 4.63. The Kier molecular flexibility index (Phi) is 3.32. The molecule has 0 aromatic heterocycles. The van der Waals surface area contributed by atoms with Gasteiger partial charge in [-0.3, -0.25) is 4.99 Å². The number of nitrogens with one attached hydrogen (secondary N) is 1. The molecule has 0 unspecified atom stereocenters. The van der Waals surface area contributed by atoms with Gasteiger partial charge in [-0.1, -0.05) is 30.0 Å². The first kappa shape index (κ1) is 9.87. The first-order valence-corrected chi connectivity index (χ1v) is 5.89. The number of halogens is 1. The highest BCUT2D eigenvalue weighted by Crippen LogP contribution is 2.23. The summed E-state index contributed by atoms with van der Waals surface area (Å²) in [7, 11) is 0. The lowest BCUT2D eigenvalue weighted by Gasteiger charge is -2.05. The number of anilines is 1. The average Bonchev–Trinajstić information content (AvgIpc) is 2.67. The van der Waals surface area contributed by atoms with Gasteiger partial charge in [0, 0.05) is 16.8 Å². The molecular formula is C10H11ClN2S. The molecule has 1 aromatic rings. The monoisotopic (exact) mass is 226 g/mol. The number of hydrogen-bond donors (Lipinski definition) is 1. The fraction of sp³-hybridized carbons (Fsp3) is 0.300. The Bertz CT molecular complexity index is 326. The molecular weight excluding hydrogens is 216 g/mol. The van der Waals surface area contributed by atoms with E-state index in [1.165, 1.54) is 0 Å². The SMILES string of the molecule is ClC[C@@H]1CN=C(Nc2ccccc2)S1. The Balaban J connectivity index is 1.94. The molecule has 1 aliphatic heterocycles. The summed E-state index contributed by atoms with van der Waals surface area (Å²) in [6.45, 7) is 0.823. The van der Waals surface area contributed by atoms with E-state index in [0.29, 0.717) is 11.1 Å². The summed E-state index contributed by atoms with van der Waals surface area (Å²) in [5.74, 6) is 0.661. The van der Waals surface area contributed by atoms with Gasteiger partial charge < -0.3 is 5.32 Å². The first-order chi connectivity index (χ1) is 6.88. The van der Waals surface area contributed by atoms with Crippen molar-refractivity contribution in [3.05, 3.63) is 30.3 Å². The van der Waals surface area contributed by atoms with Crippen molar-refractivity contribution in [2.24, 2.45) is 4.99 Å². The zero-order valence-corrected chi connectivity index (χ0v) is 9.18. The van der Waals surface area contributed by atoms with Crippen LogP contribution in [0.1, 0.15) is 0 Å². The van der Waals surface area contributed by atoms with Crippen LogP contribution < -0.4 is 5.32 Å². The van der Waals surface area contributed by atoms with Gasteiger partial charge in [-0.15, -0.1) is 11.6 Å². The molecule has 2 nitrogen and oxygen atoms in total. The minimum absolute atomic E-state index is 0.433. The average molecular weight is 227 g/mol. The third-order valence-electron chi connectivity index (χ3n) is 1.91. The number of benzene rings is 1. The predicted molar refractivity (Wildman–Crippen MR) is 64.5 cm³/mol. The molecule has 0 saturated carbocycles. The number of hydrogen-bond acceptors (Lipinski definition) is 3. The number of rotatable bonds is 2. The zero-order chi connectivity index (χ0) is 9.80. The molecule has 0 amide bonds. The summed E-state index contributed by atoms with van der Waals surface area (Å²) in [4.78, 5) is 4.37. The zero-order valence-electron chi connectivity index (χ0n) is 7.61. The van der Waals surface area contributed by atoms with Crippen LogP contribution in [0.4, 0.5) is 5.69 Å². The summed E-state index contributed by atoms with van der Waals surface area (Å²) in [6, 6.07) is 10.0. The molecule has 0 aliphatic carbocycles. The number of alkyl halides is 1. The molecule has 1 aliphatic rings. The van der Waals surface area contributed by atoms with Crippen LogP contribution in [0, 0.1) is 0 Å². The number of amidine groups is 1. The van der Waals surface area contributed by atoms with E-state index in [-0.39, 0.29) is 0 Å². The van der Waals surface area contributed by atoms with Crippen molar-refractivity contribution in [2.45, 2.75) is 5.25 Å². The minimum Gasteiger partial charge on any atom is -0.335 e. The van der Waals surface area contributed by atoms with Gasteiger partial charge in [-0.05, 0) is 12.1 Å². The topological polar surface area (TPSA) is 24.4 Å². The third kappa shape index (κ3) is 2.42. The van der Waals surface area contributed by atoms with Crippen molar-refractivity contribution in [3.63, 3.8) is 0 Å². The molecule has 74 valence electrons. The van der Waals surface area contributed by atoms with E-state index < -0.39 is 0 Å². The molecule has 0 saturated heterocycles. The van der Waals surface area contributed by atoms with Crippen LogP contribution in [0.5, 0.6) is 0 Å². The lowest BCUT2D eigenvalue weighted by atomic mass is 10.3. The molecule has 4 heteroatoms. The van der Waals surface area contributed by atoms with E-state index in [4.69, 9.17) is 11.6 Å². The van der Waals surface area contributed by atoms with Gasteiger partial charge >= 0.3 is 0 Å². The predicted octanol–water partition coefficient (Wildman–Crippen LogP) is 2.81. The van der Waals surface area contributed by atoms with Crippen molar-refractivity contribution in [3.8, 4) is 0 Å². The van der Waals surface area contributed by atoms with E-state index >= 15 is 0 Å². The fourth-order valence-electron chi connectivity index (χ4n) is 1.21. The lowest BCUT2D eigenvalue weighted by molar-refractivity contribution is 0.982. The van der Waals surface area contributed by atoms with Gasteiger partial charge in [0.25, 0.3) is 0 Å². The van der Waals surface area contributed by atoms with Crippen LogP contribution in [0.2, 0.25) is 0 Å². The van der Waals surface area contributed by atoms with Crippen molar-refractivity contribution >= 4 is 34.2 Å². The summed E-state index contributed by atoms with van der Waals surface area (Å²) >= 11 is 7.47. The number of aliphatic imine (C=N–C) groups is 1. The van der Waals surface area contributed by atoms with Gasteiger partial charge in [0.2, 0.25) is 0 Å². The Morgan fingerprint density at radius 1 is 1.43 bits per heavy atom. The van der Waals surface area contributed by atoms with Crippen molar-refractivity contribution in [2.75, 3.05) is 17.7 Å². The summed E-state index contributed by atoms with van der Waals surface area (Å²) in [5, 5.41) is 4.67. The standard InChI is InChI=1S/C10H11ClN2S/c11-6-9-7-12-10(14-9)13-8-4-2-1-3-5-8/h1-5,9H,6-7H2,(H,12,13)/t9-/m1/s1. The van der Waals surface area contributed by atoms with Crippen LogP contribution in [0.3, 0.4) is 0 Å². The van der Waals surface area contributed by atoms with Crippen LogP contribution in [-0.2, 0) is 0 Å². The number of para-hydroxylation sites is 1. The van der Waals surface area contributed by atoms with E-state index in [1.807, 2.05) is 30.3 Å². The van der Waals surface area contributed by atoms with Crippen molar-refractivity contribution in [1.29, 1.82) is 0 Å².